The quantitative estimate of drug-likeness (QED) is 0.452. The number of pyridine rings is 1. The summed E-state index contributed by atoms with van der Waals surface area (Å²) in [5, 5.41) is 6.59. The number of nitrogens with one attached hydrogen (secondary N) is 2. The first-order chi connectivity index (χ1) is 12.5. The van der Waals surface area contributed by atoms with Gasteiger partial charge in [0.25, 0.3) is 0 Å². The molecule has 1 aromatic heterocycles. The molecule has 7 heteroatoms. The van der Waals surface area contributed by atoms with Crippen molar-refractivity contribution >= 4 is 12.1 Å². The second-order valence-electron chi connectivity index (χ2n) is 8.49. The lowest BCUT2D eigenvalue weighted by Gasteiger charge is -2.28. The molecule has 0 saturated heterocycles. The van der Waals surface area contributed by atoms with Crippen LogP contribution in [0.3, 0.4) is 0 Å². The first kappa shape index (κ1) is 22.7. The van der Waals surface area contributed by atoms with Crippen LogP contribution in [-0.2, 0) is 11.3 Å². The fraction of sp³-hybridized carbons (Fsp3) is 0.650. The topological polar surface area (TPSA) is 78.9 Å². The first-order valence-corrected chi connectivity index (χ1v) is 9.36. The summed E-state index contributed by atoms with van der Waals surface area (Å²) >= 11 is 0. The molecule has 0 aromatic carbocycles. The number of aromatic nitrogens is 1. The van der Waals surface area contributed by atoms with Crippen molar-refractivity contribution in [1.29, 1.82) is 0 Å². The second-order valence-corrected chi connectivity index (χ2v) is 8.49. The van der Waals surface area contributed by atoms with E-state index in [-0.39, 0.29) is 11.6 Å². The van der Waals surface area contributed by atoms with Crippen LogP contribution >= 0.6 is 0 Å². The van der Waals surface area contributed by atoms with Crippen molar-refractivity contribution in [3.63, 3.8) is 0 Å². The Morgan fingerprint density at radius 1 is 1.26 bits per heavy atom. The molecule has 1 rings (SSSR count). The average Bonchev–Trinajstić information content (AvgIpc) is 2.54. The molecular formula is C20H35N5O2. The minimum atomic E-state index is -0.527. The normalized spacial score (nSPS) is 12.5. The molecule has 0 fully saturated rings. The van der Waals surface area contributed by atoms with Crippen LogP contribution < -0.4 is 10.6 Å². The first-order valence-electron chi connectivity index (χ1n) is 9.36. The van der Waals surface area contributed by atoms with Gasteiger partial charge in [-0.2, -0.15) is 0 Å². The van der Waals surface area contributed by atoms with Crippen molar-refractivity contribution in [1.82, 2.24) is 20.5 Å². The molecule has 27 heavy (non-hydrogen) atoms. The Kier molecular flexibility index (Phi) is 8.53. The molecule has 0 spiro atoms. The Morgan fingerprint density at radius 3 is 2.48 bits per heavy atom. The highest BCUT2D eigenvalue weighted by atomic mass is 16.6. The molecule has 2 N–H and O–H groups in total. The van der Waals surface area contributed by atoms with Crippen LogP contribution in [0.1, 0.15) is 53.5 Å². The van der Waals surface area contributed by atoms with E-state index < -0.39 is 5.60 Å². The van der Waals surface area contributed by atoms with Gasteiger partial charge < -0.3 is 20.3 Å². The standard InChI is InChI=1S/C20H35N5O2/c1-19(2,3)24-17(21-7)23-12-9-13-25(18(26)27-20(4,5)6)15-16-10-8-11-22-14-16/h8,10-11,14H,9,12-13,15H2,1-7H3,(H2,21,23,24). The van der Waals surface area contributed by atoms with Gasteiger partial charge in [-0.05, 0) is 59.6 Å². The number of amides is 1. The van der Waals surface area contributed by atoms with Crippen LogP contribution in [0.25, 0.3) is 0 Å². The summed E-state index contributed by atoms with van der Waals surface area (Å²) in [6.07, 6.45) is 3.94. The van der Waals surface area contributed by atoms with E-state index in [1.807, 2.05) is 32.9 Å². The molecule has 152 valence electrons. The van der Waals surface area contributed by atoms with E-state index in [0.29, 0.717) is 19.6 Å². The predicted molar refractivity (Wildman–Crippen MR) is 110 cm³/mol. The summed E-state index contributed by atoms with van der Waals surface area (Å²) in [4.78, 5) is 22.6. The summed E-state index contributed by atoms with van der Waals surface area (Å²) in [5.74, 6) is 0.749. The van der Waals surface area contributed by atoms with Gasteiger partial charge in [0.2, 0.25) is 0 Å². The van der Waals surface area contributed by atoms with Crippen LogP contribution in [0, 0.1) is 0 Å². The van der Waals surface area contributed by atoms with Crippen molar-refractivity contribution in [3.05, 3.63) is 30.1 Å². The van der Waals surface area contributed by atoms with E-state index in [1.165, 1.54) is 0 Å². The number of aliphatic imine (C=N–C) groups is 1. The Labute approximate surface area is 163 Å². The van der Waals surface area contributed by atoms with Gasteiger partial charge in [-0.3, -0.25) is 9.98 Å². The molecule has 0 unspecified atom stereocenters. The number of hydrogen-bond acceptors (Lipinski definition) is 4. The third-order valence-corrected chi connectivity index (χ3v) is 3.36. The Morgan fingerprint density at radius 2 is 1.96 bits per heavy atom. The van der Waals surface area contributed by atoms with Crippen molar-refractivity contribution in [2.45, 2.75) is 65.6 Å². The monoisotopic (exact) mass is 377 g/mol. The molecule has 1 aromatic rings. The van der Waals surface area contributed by atoms with Crippen LogP contribution in [-0.4, -0.2) is 53.2 Å². The van der Waals surface area contributed by atoms with E-state index in [9.17, 15) is 4.79 Å². The highest BCUT2D eigenvalue weighted by Gasteiger charge is 2.22. The van der Waals surface area contributed by atoms with Gasteiger partial charge in [0.15, 0.2) is 5.96 Å². The number of guanidine groups is 1. The molecule has 7 nitrogen and oxygen atoms in total. The molecule has 0 bridgehead atoms. The zero-order valence-electron chi connectivity index (χ0n) is 17.8. The maximum absolute atomic E-state index is 12.6. The summed E-state index contributed by atoms with van der Waals surface area (Å²) in [6.45, 7) is 13.6. The van der Waals surface area contributed by atoms with Crippen LogP contribution in [0.2, 0.25) is 0 Å². The Hall–Kier alpha value is -2.31. The van der Waals surface area contributed by atoms with Gasteiger partial charge in [-0.25, -0.2) is 4.79 Å². The van der Waals surface area contributed by atoms with Crippen LogP contribution in [0.5, 0.6) is 0 Å². The molecule has 0 saturated carbocycles. The molecule has 0 atom stereocenters. The third kappa shape index (κ3) is 10.4. The van der Waals surface area contributed by atoms with Gasteiger partial charge in [0.05, 0.1) is 6.54 Å². The molecule has 1 amide bonds. The summed E-state index contributed by atoms with van der Waals surface area (Å²) in [7, 11) is 1.75. The number of carbonyl (C=O) groups excluding carboxylic acids is 1. The predicted octanol–water partition coefficient (Wildman–Crippen LogP) is 3.17. The summed E-state index contributed by atoms with van der Waals surface area (Å²) in [5.41, 5.74) is 0.382. The van der Waals surface area contributed by atoms with Crippen molar-refractivity contribution < 1.29 is 9.53 Å². The molecule has 0 aliphatic rings. The average molecular weight is 378 g/mol. The highest BCUT2D eigenvalue weighted by molar-refractivity contribution is 5.80. The molecule has 1 heterocycles. The van der Waals surface area contributed by atoms with Crippen LogP contribution in [0.15, 0.2) is 29.5 Å². The summed E-state index contributed by atoms with van der Waals surface area (Å²) < 4.78 is 5.55. The number of rotatable bonds is 6. The zero-order chi connectivity index (χ0) is 20.5. The molecule has 0 aliphatic carbocycles. The molecule has 0 aliphatic heterocycles. The maximum Gasteiger partial charge on any atom is 0.410 e. The largest absolute Gasteiger partial charge is 0.444 e. The number of nitrogens with zero attached hydrogens (tertiary/aromatic N) is 3. The fourth-order valence-corrected chi connectivity index (χ4v) is 2.28. The lowest BCUT2D eigenvalue weighted by Crippen LogP contribution is -2.48. The lowest BCUT2D eigenvalue weighted by molar-refractivity contribution is 0.0232. The highest BCUT2D eigenvalue weighted by Crippen LogP contribution is 2.12. The van der Waals surface area contributed by atoms with E-state index >= 15 is 0 Å². The smallest absolute Gasteiger partial charge is 0.410 e. The minimum Gasteiger partial charge on any atom is -0.444 e. The van der Waals surface area contributed by atoms with Crippen molar-refractivity contribution in [3.8, 4) is 0 Å². The van der Waals surface area contributed by atoms with Gasteiger partial charge in [0.1, 0.15) is 5.60 Å². The molecular weight excluding hydrogens is 342 g/mol. The lowest BCUT2D eigenvalue weighted by atomic mass is 10.1. The minimum absolute atomic E-state index is 0.0648. The van der Waals surface area contributed by atoms with E-state index in [4.69, 9.17) is 4.74 Å². The SMILES string of the molecule is CN=C(NCCCN(Cc1cccnc1)C(=O)OC(C)(C)C)NC(C)(C)C. The number of ether oxygens (including phenoxy) is 1. The Balaban J connectivity index is 2.62. The van der Waals surface area contributed by atoms with Crippen LogP contribution in [0.4, 0.5) is 4.79 Å². The fourth-order valence-electron chi connectivity index (χ4n) is 2.28. The van der Waals surface area contributed by atoms with Crippen molar-refractivity contribution in [2.75, 3.05) is 20.1 Å². The van der Waals surface area contributed by atoms with Crippen molar-refractivity contribution in [2.24, 2.45) is 4.99 Å². The zero-order valence-corrected chi connectivity index (χ0v) is 17.8. The molecule has 0 radical (unpaired) electrons. The third-order valence-electron chi connectivity index (χ3n) is 3.36. The Bertz CT molecular complexity index is 603. The van der Waals surface area contributed by atoms with Gasteiger partial charge >= 0.3 is 6.09 Å². The van der Waals surface area contributed by atoms with Gasteiger partial charge in [-0.15, -0.1) is 0 Å². The van der Waals surface area contributed by atoms with Gasteiger partial charge in [-0.1, -0.05) is 6.07 Å². The number of hydrogen-bond donors (Lipinski definition) is 2. The second kappa shape index (κ2) is 10.1. The van der Waals surface area contributed by atoms with E-state index in [2.05, 4.69) is 41.4 Å². The summed E-state index contributed by atoms with van der Waals surface area (Å²) in [6, 6.07) is 3.82. The maximum atomic E-state index is 12.6. The van der Waals surface area contributed by atoms with E-state index in [1.54, 1.807) is 24.3 Å². The van der Waals surface area contributed by atoms with Gasteiger partial charge in [0, 0.05) is 38.1 Å². The van der Waals surface area contributed by atoms with E-state index in [0.717, 1.165) is 17.9 Å². The number of carbonyl (C=O) groups is 1.